The van der Waals surface area contributed by atoms with E-state index < -0.39 is 0 Å². The summed E-state index contributed by atoms with van der Waals surface area (Å²) in [4.78, 5) is 38.9. The van der Waals surface area contributed by atoms with E-state index in [4.69, 9.17) is 11.6 Å². The maximum absolute atomic E-state index is 13.7. The highest BCUT2D eigenvalue weighted by Crippen LogP contribution is 2.28. The van der Waals surface area contributed by atoms with E-state index in [9.17, 15) is 9.59 Å². The molecule has 9 heteroatoms. The van der Waals surface area contributed by atoms with Crippen LogP contribution in [0.1, 0.15) is 24.2 Å². The number of pyridine rings is 2. The van der Waals surface area contributed by atoms with Gasteiger partial charge in [-0.1, -0.05) is 53.7 Å². The third kappa shape index (κ3) is 4.09. The minimum absolute atomic E-state index is 0.146. The SMILES string of the molecule is CSc1nc(N[C@@H](C)c2cc3cccc(Cl)c3c(=O)n2-c2ccccc2)c2c(=O)c(C)c[nH]c2n1. The van der Waals surface area contributed by atoms with Gasteiger partial charge in [-0.3, -0.25) is 14.2 Å². The molecule has 0 amide bonds. The van der Waals surface area contributed by atoms with Crippen molar-refractivity contribution in [1.29, 1.82) is 0 Å². The van der Waals surface area contributed by atoms with Crippen LogP contribution in [0, 0.1) is 6.92 Å². The number of halogens is 1. The minimum atomic E-state index is -0.390. The quantitative estimate of drug-likeness (QED) is 0.244. The lowest BCUT2D eigenvalue weighted by molar-refractivity contribution is 0.770. The first-order chi connectivity index (χ1) is 16.9. The van der Waals surface area contributed by atoms with E-state index in [1.54, 1.807) is 23.8 Å². The zero-order valence-corrected chi connectivity index (χ0v) is 20.9. The van der Waals surface area contributed by atoms with Crippen LogP contribution in [0.3, 0.4) is 0 Å². The summed E-state index contributed by atoms with van der Waals surface area (Å²) in [6.07, 6.45) is 3.52. The largest absolute Gasteiger partial charge is 0.361 e. The number of fused-ring (bicyclic) bond motifs is 2. The second kappa shape index (κ2) is 9.20. The number of aromatic amines is 1. The zero-order chi connectivity index (χ0) is 24.7. The molecule has 3 aromatic heterocycles. The second-order valence-electron chi connectivity index (χ2n) is 8.20. The van der Waals surface area contributed by atoms with Crippen LogP contribution in [-0.4, -0.2) is 25.8 Å². The standard InChI is InChI=1S/C26H22ClN5O2S/c1-14-13-28-23-21(22(14)33)24(31-26(30-23)35-3)29-15(2)19-12-16-8-7-11-18(27)20(16)25(34)32(19)17-9-5-4-6-10-17/h4-13,15H,1-3H3,(H2,28,29,30,31,33)/t15-/m0/s1. The number of hydrogen-bond donors (Lipinski definition) is 2. The minimum Gasteiger partial charge on any atom is -0.361 e. The monoisotopic (exact) mass is 503 g/mol. The van der Waals surface area contributed by atoms with Crippen molar-refractivity contribution < 1.29 is 0 Å². The molecule has 1 atom stereocenters. The summed E-state index contributed by atoms with van der Waals surface area (Å²) >= 11 is 7.81. The Balaban J connectivity index is 1.74. The van der Waals surface area contributed by atoms with Gasteiger partial charge in [0.05, 0.1) is 16.5 Å². The Labute approximate surface area is 210 Å². The van der Waals surface area contributed by atoms with E-state index in [-0.39, 0.29) is 17.0 Å². The molecule has 3 heterocycles. The Morgan fingerprint density at radius 2 is 1.83 bits per heavy atom. The molecule has 0 saturated heterocycles. The lowest BCUT2D eigenvalue weighted by atomic mass is 10.1. The van der Waals surface area contributed by atoms with E-state index in [1.807, 2.05) is 61.7 Å². The van der Waals surface area contributed by atoms with E-state index >= 15 is 0 Å². The van der Waals surface area contributed by atoms with Crippen molar-refractivity contribution in [2.24, 2.45) is 0 Å². The second-order valence-corrected chi connectivity index (χ2v) is 9.38. The molecule has 176 valence electrons. The van der Waals surface area contributed by atoms with Gasteiger partial charge in [-0.25, -0.2) is 9.97 Å². The molecule has 0 saturated carbocycles. The first-order valence-corrected chi connectivity index (χ1v) is 12.6. The fourth-order valence-corrected chi connectivity index (χ4v) is 4.80. The van der Waals surface area contributed by atoms with Gasteiger partial charge in [0.2, 0.25) is 0 Å². The highest BCUT2D eigenvalue weighted by atomic mass is 35.5. The van der Waals surface area contributed by atoms with Gasteiger partial charge < -0.3 is 10.3 Å². The molecule has 0 aliphatic rings. The van der Waals surface area contributed by atoms with E-state index in [1.165, 1.54) is 11.8 Å². The van der Waals surface area contributed by atoms with E-state index in [2.05, 4.69) is 20.3 Å². The Morgan fingerprint density at radius 3 is 2.57 bits per heavy atom. The third-order valence-corrected chi connectivity index (χ3v) is 6.78. The summed E-state index contributed by atoms with van der Waals surface area (Å²) in [7, 11) is 0. The van der Waals surface area contributed by atoms with Crippen LogP contribution in [0.15, 0.2) is 75.5 Å². The van der Waals surface area contributed by atoms with Crippen molar-refractivity contribution in [3.05, 3.63) is 97.7 Å². The van der Waals surface area contributed by atoms with Gasteiger partial charge in [0.15, 0.2) is 10.6 Å². The molecular formula is C26H22ClN5O2S. The summed E-state index contributed by atoms with van der Waals surface area (Å²) in [5.74, 6) is 0.412. The zero-order valence-electron chi connectivity index (χ0n) is 19.3. The molecular weight excluding hydrogens is 482 g/mol. The lowest BCUT2D eigenvalue weighted by Gasteiger charge is -2.22. The molecule has 0 bridgehead atoms. The van der Waals surface area contributed by atoms with Gasteiger partial charge >= 0.3 is 0 Å². The third-order valence-electron chi connectivity index (χ3n) is 5.92. The molecule has 0 spiro atoms. The first kappa shape index (κ1) is 23.1. The Bertz CT molecular complexity index is 1700. The molecule has 5 rings (SSSR count). The number of para-hydroxylation sites is 1. The number of thioether (sulfide) groups is 1. The summed E-state index contributed by atoms with van der Waals surface area (Å²) in [6, 6.07) is 16.4. The van der Waals surface area contributed by atoms with Gasteiger partial charge in [-0.05, 0) is 49.8 Å². The number of hydrogen-bond acceptors (Lipinski definition) is 6. The average molecular weight is 504 g/mol. The number of aryl methyl sites for hydroxylation is 1. The number of H-pyrrole nitrogens is 1. The Hall–Kier alpha value is -3.62. The molecule has 7 nitrogen and oxygen atoms in total. The van der Waals surface area contributed by atoms with Crippen LogP contribution < -0.4 is 16.3 Å². The molecule has 0 fully saturated rings. The van der Waals surface area contributed by atoms with E-state index in [0.717, 1.165) is 5.39 Å². The van der Waals surface area contributed by atoms with Crippen LogP contribution in [0.5, 0.6) is 0 Å². The topological polar surface area (TPSA) is 92.7 Å². The number of benzene rings is 2. The van der Waals surface area contributed by atoms with Gasteiger partial charge in [-0.2, -0.15) is 0 Å². The smallest absolute Gasteiger partial charge is 0.264 e. The Morgan fingerprint density at radius 1 is 1.06 bits per heavy atom. The number of rotatable bonds is 5. The lowest BCUT2D eigenvalue weighted by Crippen LogP contribution is -2.26. The molecule has 2 N–H and O–H groups in total. The molecule has 35 heavy (non-hydrogen) atoms. The van der Waals surface area contributed by atoms with Gasteiger partial charge in [0.25, 0.3) is 5.56 Å². The van der Waals surface area contributed by atoms with Crippen molar-refractivity contribution in [3.8, 4) is 5.69 Å². The molecule has 2 aromatic carbocycles. The van der Waals surface area contributed by atoms with Gasteiger partial charge in [0, 0.05) is 23.1 Å². The summed E-state index contributed by atoms with van der Waals surface area (Å²) in [6.45, 7) is 3.68. The first-order valence-electron chi connectivity index (χ1n) is 11.0. The van der Waals surface area contributed by atoms with Gasteiger partial charge in [0.1, 0.15) is 16.9 Å². The predicted octanol–water partition coefficient (Wildman–Crippen LogP) is 5.48. The average Bonchev–Trinajstić information content (AvgIpc) is 2.86. The molecule has 5 aromatic rings. The number of nitrogens with zero attached hydrogens (tertiary/aromatic N) is 3. The maximum atomic E-state index is 13.7. The van der Waals surface area contributed by atoms with E-state index in [0.29, 0.717) is 49.4 Å². The summed E-state index contributed by atoms with van der Waals surface area (Å²) in [5, 5.41) is 5.89. The summed E-state index contributed by atoms with van der Waals surface area (Å²) in [5.41, 5.74) is 2.09. The molecule has 0 unspecified atom stereocenters. The number of nitrogens with one attached hydrogen (secondary N) is 2. The normalized spacial score (nSPS) is 12.2. The highest BCUT2D eigenvalue weighted by Gasteiger charge is 2.20. The van der Waals surface area contributed by atoms with Crippen LogP contribution in [0.25, 0.3) is 27.5 Å². The maximum Gasteiger partial charge on any atom is 0.264 e. The van der Waals surface area contributed by atoms with Crippen molar-refractivity contribution in [2.45, 2.75) is 25.0 Å². The van der Waals surface area contributed by atoms with Crippen LogP contribution >= 0.6 is 23.4 Å². The van der Waals surface area contributed by atoms with Crippen molar-refractivity contribution in [3.63, 3.8) is 0 Å². The van der Waals surface area contributed by atoms with Crippen molar-refractivity contribution in [1.82, 2.24) is 19.5 Å². The fraction of sp³-hybridized carbons (Fsp3) is 0.154. The molecule has 0 aliphatic carbocycles. The molecule has 0 radical (unpaired) electrons. The Kier molecular flexibility index (Phi) is 6.08. The number of aromatic nitrogens is 4. The van der Waals surface area contributed by atoms with Gasteiger partial charge in [-0.15, -0.1) is 0 Å². The predicted molar refractivity (Wildman–Crippen MR) is 143 cm³/mol. The van der Waals surface area contributed by atoms with Crippen molar-refractivity contribution in [2.75, 3.05) is 11.6 Å². The van der Waals surface area contributed by atoms with Crippen LogP contribution in [0.2, 0.25) is 5.02 Å². The fourth-order valence-electron chi connectivity index (χ4n) is 4.18. The number of anilines is 1. The molecule has 0 aliphatic heterocycles. The van der Waals surface area contributed by atoms with Crippen molar-refractivity contribution >= 4 is 51.0 Å². The van der Waals surface area contributed by atoms with Crippen LogP contribution in [-0.2, 0) is 0 Å². The highest BCUT2D eigenvalue weighted by molar-refractivity contribution is 7.98. The summed E-state index contributed by atoms with van der Waals surface area (Å²) < 4.78 is 1.65. The van der Waals surface area contributed by atoms with Crippen LogP contribution in [0.4, 0.5) is 5.82 Å².